The number of carbonyl (C=O) groups excluding carboxylic acids is 1. The van der Waals surface area contributed by atoms with Crippen molar-refractivity contribution >= 4 is 5.91 Å². The van der Waals surface area contributed by atoms with Crippen molar-refractivity contribution in [1.29, 1.82) is 0 Å². The molecule has 0 radical (unpaired) electrons. The molecule has 0 aliphatic carbocycles. The second kappa shape index (κ2) is 9.68. The SMILES string of the molecule is Cc1ccc(C)c(C(=O)N(CCCN(C)C)CCCN(C)C)c1. The first kappa shape index (κ1) is 19.7. The van der Waals surface area contributed by atoms with Crippen molar-refractivity contribution in [3.63, 3.8) is 0 Å². The lowest BCUT2D eigenvalue weighted by molar-refractivity contribution is 0.0744. The van der Waals surface area contributed by atoms with E-state index in [-0.39, 0.29) is 5.91 Å². The quantitative estimate of drug-likeness (QED) is 0.700. The smallest absolute Gasteiger partial charge is 0.254 e. The van der Waals surface area contributed by atoms with Gasteiger partial charge in [-0.3, -0.25) is 4.79 Å². The molecular formula is C19H33N3O. The van der Waals surface area contributed by atoms with Crippen molar-refractivity contribution in [3.8, 4) is 0 Å². The lowest BCUT2D eigenvalue weighted by atomic mass is 10.0. The summed E-state index contributed by atoms with van der Waals surface area (Å²) < 4.78 is 0. The van der Waals surface area contributed by atoms with Gasteiger partial charge in [0.2, 0.25) is 0 Å². The maximum atomic E-state index is 13.0. The van der Waals surface area contributed by atoms with Crippen LogP contribution in [0.25, 0.3) is 0 Å². The van der Waals surface area contributed by atoms with Crippen molar-refractivity contribution < 1.29 is 4.79 Å². The van der Waals surface area contributed by atoms with Gasteiger partial charge in [-0.2, -0.15) is 0 Å². The monoisotopic (exact) mass is 319 g/mol. The summed E-state index contributed by atoms with van der Waals surface area (Å²) in [6.07, 6.45) is 2.01. The number of carbonyl (C=O) groups is 1. The molecule has 0 atom stereocenters. The summed E-state index contributed by atoms with van der Waals surface area (Å²) >= 11 is 0. The molecule has 4 nitrogen and oxygen atoms in total. The lowest BCUT2D eigenvalue weighted by Crippen LogP contribution is -2.35. The number of amides is 1. The van der Waals surface area contributed by atoms with Crippen LogP contribution in [0.4, 0.5) is 0 Å². The third-order valence-corrected chi connectivity index (χ3v) is 3.98. The van der Waals surface area contributed by atoms with E-state index in [1.54, 1.807) is 0 Å². The van der Waals surface area contributed by atoms with Gasteiger partial charge in [-0.1, -0.05) is 17.7 Å². The molecule has 0 spiro atoms. The van der Waals surface area contributed by atoms with Crippen LogP contribution in [-0.4, -0.2) is 75.0 Å². The molecule has 1 aromatic rings. The van der Waals surface area contributed by atoms with Gasteiger partial charge < -0.3 is 14.7 Å². The molecule has 130 valence electrons. The summed E-state index contributed by atoms with van der Waals surface area (Å²) in [6, 6.07) is 6.12. The highest BCUT2D eigenvalue weighted by atomic mass is 16.2. The summed E-state index contributed by atoms with van der Waals surface area (Å²) in [7, 11) is 8.29. The Labute approximate surface area is 142 Å². The Kier molecular flexibility index (Phi) is 8.28. The molecule has 0 saturated carbocycles. The van der Waals surface area contributed by atoms with Crippen molar-refractivity contribution in [2.24, 2.45) is 0 Å². The average molecular weight is 319 g/mol. The molecule has 0 heterocycles. The van der Waals surface area contributed by atoms with Crippen molar-refractivity contribution in [2.75, 3.05) is 54.4 Å². The van der Waals surface area contributed by atoms with E-state index in [0.717, 1.165) is 55.7 Å². The molecule has 4 heteroatoms. The van der Waals surface area contributed by atoms with E-state index >= 15 is 0 Å². The van der Waals surface area contributed by atoms with Crippen LogP contribution in [0.5, 0.6) is 0 Å². The topological polar surface area (TPSA) is 26.8 Å². The molecule has 0 saturated heterocycles. The van der Waals surface area contributed by atoms with Crippen molar-refractivity contribution in [2.45, 2.75) is 26.7 Å². The Balaban J connectivity index is 2.79. The van der Waals surface area contributed by atoms with Gasteiger partial charge in [-0.15, -0.1) is 0 Å². The fourth-order valence-corrected chi connectivity index (χ4v) is 2.61. The normalized spacial score (nSPS) is 11.3. The van der Waals surface area contributed by atoms with Gasteiger partial charge in [0.05, 0.1) is 0 Å². The van der Waals surface area contributed by atoms with Crippen LogP contribution < -0.4 is 0 Å². The number of nitrogens with zero attached hydrogens (tertiary/aromatic N) is 3. The second-order valence-electron chi connectivity index (χ2n) is 6.92. The molecular weight excluding hydrogens is 286 g/mol. The number of benzene rings is 1. The molecule has 1 rings (SSSR count). The first-order chi connectivity index (χ1) is 10.8. The summed E-state index contributed by atoms with van der Waals surface area (Å²) in [5.74, 6) is 0.170. The average Bonchev–Trinajstić information content (AvgIpc) is 2.47. The van der Waals surface area contributed by atoms with Crippen LogP contribution in [0.2, 0.25) is 0 Å². The van der Waals surface area contributed by atoms with E-state index in [0.29, 0.717) is 0 Å². The Morgan fingerprint density at radius 3 is 1.87 bits per heavy atom. The molecule has 0 bridgehead atoms. The van der Waals surface area contributed by atoms with E-state index in [4.69, 9.17) is 0 Å². The highest BCUT2D eigenvalue weighted by Gasteiger charge is 2.17. The predicted molar refractivity (Wildman–Crippen MR) is 98.2 cm³/mol. The van der Waals surface area contributed by atoms with E-state index in [1.807, 2.05) is 30.9 Å². The molecule has 1 amide bonds. The van der Waals surface area contributed by atoms with E-state index in [9.17, 15) is 4.79 Å². The van der Waals surface area contributed by atoms with Gasteiger partial charge in [0, 0.05) is 18.7 Å². The third-order valence-electron chi connectivity index (χ3n) is 3.98. The Morgan fingerprint density at radius 2 is 1.39 bits per heavy atom. The minimum absolute atomic E-state index is 0.170. The lowest BCUT2D eigenvalue weighted by Gasteiger charge is -2.25. The molecule has 0 aliphatic rings. The standard InChI is InChI=1S/C19H33N3O/c1-16-9-10-17(2)18(15-16)19(23)22(13-7-11-20(3)4)14-8-12-21(5)6/h9-10,15H,7-8,11-14H2,1-6H3. The van der Waals surface area contributed by atoms with Crippen molar-refractivity contribution in [1.82, 2.24) is 14.7 Å². The number of rotatable bonds is 9. The van der Waals surface area contributed by atoms with Gasteiger partial charge in [0.1, 0.15) is 0 Å². The van der Waals surface area contributed by atoms with Gasteiger partial charge in [0.25, 0.3) is 5.91 Å². The molecule has 0 aromatic heterocycles. The van der Waals surface area contributed by atoms with Crippen molar-refractivity contribution in [3.05, 3.63) is 34.9 Å². The fraction of sp³-hybridized carbons (Fsp3) is 0.632. The summed E-state index contributed by atoms with van der Waals surface area (Å²) in [6.45, 7) is 7.70. The van der Waals surface area contributed by atoms with Gasteiger partial charge in [0.15, 0.2) is 0 Å². The molecule has 0 aliphatic heterocycles. The van der Waals surface area contributed by atoms with E-state index in [2.05, 4.69) is 44.1 Å². The Morgan fingerprint density at radius 1 is 0.870 bits per heavy atom. The maximum Gasteiger partial charge on any atom is 0.254 e. The largest absolute Gasteiger partial charge is 0.339 e. The van der Waals surface area contributed by atoms with Crippen LogP contribution in [0.15, 0.2) is 18.2 Å². The van der Waals surface area contributed by atoms with Crippen LogP contribution in [-0.2, 0) is 0 Å². The zero-order chi connectivity index (χ0) is 17.4. The predicted octanol–water partition coefficient (Wildman–Crippen LogP) is 2.65. The maximum absolute atomic E-state index is 13.0. The van der Waals surface area contributed by atoms with Crippen LogP contribution in [0.1, 0.15) is 34.3 Å². The number of hydrogen-bond acceptors (Lipinski definition) is 3. The number of hydrogen-bond donors (Lipinski definition) is 0. The van der Waals surface area contributed by atoms with Gasteiger partial charge >= 0.3 is 0 Å². The Bertz CT molecular complexity index is 483. The summed E-state index contributed by atoms with van der Waals surface area (Å²) in [5.41, 5.74) is 3.05. The van der Waals surface area contributed by atoms with E-state index in [1.165, 1.54) is 0 Å². The molecule has 0 unspecified atom stereocenters. The first-order valence-electron chi connectivity index (χ1n) is 8.47. The zero-order valence-electron chi connectivity index (χ0n) is 15.7. The van der Waals surface area contributed by atoms with Crippen LogP contribution in [0.3, 0.4) is 0 Å². The molecule has 23 heavy (non-hydrogen) atoms. The van der Waals surface area contributed by atoms with Gasteiger partial charge in [-0.25, -0.2) is 0 Å². The summed E-state index contributed by atoms with van der Waals surface area (Å²) in [4.78, 5) is 19.3. The Hall–Kier alpha value is -1.39. The van der Waals surface area contributed by atoms with Crippen LogP contribution >= 0.6 is 0 Å². The molecule has 0 fully saturated rings. The minimum atomic E-state index is 0.170. The molecule has 0 N–H and O–H groups in total. The molecule has 1 aromatic carbocycles. The zero-order valence-corrected chi connectivity index (χ0v) is 15.7. The summed E-state index contributed by atoms with van der Waals surface area (Å²) in [5, 5.41) is 0. The third kappa shape index (κ3) is 7.14. The fourth-order valence-electron chi connectivity index (χ4n) is 2.61. The second-order valence-corrected chi connectivity index (χ2v) is 6.92. The minimum Gasteiger partial charge on any atom is -0.339 e. The highest BCUT2D eigenvalue weighted by Crippen LogP contribution is 2.14. The number of aryl methyl sites for hydroxylation is 2. The highest BCUT2D eigenvalue weighted by molar-refractivity contribution is 5.95. The first-order valence-corrected chi connectivity index (χ1v) is 8.47. The van der Waals surface area contributed by atoms with E-state index < -0.39 is 0 Å². The van der Waals surface area contributed by atoms with Gasteiger partial charge in [-0.05, 0) is 79.6 Å². The van der Waals surface area contributed by atoms with Crippen LogP contribution in [0, 0.1) is 13.8 Å².